The fourth-order valence-corrected chi connectivity index (χ4v) is 3.90. The number of amides is 1. The Morgan fingerprint density at radius 2 is 1.96 bits per heavy atom. The van der Waals surface area contributed by atoms with Gasteiger partial charge in [-0.2, -0.15) is 0 Å². The minimum absolute atomic E-state index is 0.157. The second kappa shape index (κ2) is 9.02. The van der Waals surface area contributed by atoms with E-state index in [2.05, 4.69) is 0 Å². The van der Waals surface area contributed by atoms with Gasteiger partial charge in [0.1, 0.15) is 22.5 Å². The number of aryl methyl sites for hydroxylation is 1. The predicted molar refractivity (Wildman–Crippen MR) is 96.3 cm³/mol. The van der Waals surface area contributed by atoms with Crippen LogP contribution < -0.4 is 5.73 Å². The lowest BCUT2D eigenvalue weighted by atomic mass is 10.1. The van der Waals surface area contributed by atoms with Crippen LogP contribution in [-0.2, 0) is 17.7 Å². The number of rotatable bonds is 8. The van der Waals surface area contributed by atoms with Crippen LogP contribution in [0, 0.1) is 11.6 Å². The number of nitrogens with zero attached hydrogens (tertiary/aromatic N) is 2. The first-order chi connectivity index (χ1) is 12.3. The molecule has 0 radical (unpaired) electrons. The number of carbonyl (C=O) groups is 1. The molecule has 2 aromatic rings. The molecule has 0 saturated heterocycles. The summed E-state index contributed by atoms with van der Waals surface area (Å²) in [4.78, 5) is 15.9. The zero-order valence-electron chi connectivity index (χ0n) is 15.1. The van der Waals surface area contributed by atoms with Gasteiger partial charge in [0.15, 0.2) is 0 Å². The van der Waals surface area contributed by atoms with Gasteiger partial charge in [-0.25, -0.2) is 18.6 Å². The molecule has 2 rings (SSSR count). The van der Waals surface area contributed by atoms with Crippen molar-refractivity contribution in [3.05, 3.63) is 41.4 Å². The zero-order valence-corrected chi connectivity index (χ0v) is 15.9. The van der Waals surface area contributed by atoms with Gasteiger partial charge in [-0.1, -0.05) is 25.6 Å². The van der Waals surface area contributed by atoms with Gasteiger partial charge in [0.05, 0.1) is 12.3 Å². The Labute approximate surface area is 155 Å². The van der Waals surface area contributed by atoms with Crippen LogP contribution in [0.1, 0.15) is 44.6 Å². The summed E-state index contributed by atoms with van der Waals surface area (Å²) in [6.07, 6.45) is 0.408. The highest BCUT2D eigenvalue weighted by Crippen LogP contribution is 2.35. The molecule has 0 bridgehead atoms. The van der Waals surface area contributed by atoms with Crippen LogP contribution in [-0.4, -0.2) is 22.3 Å². The highest BCUT2D eigenvalue weighted by Gasteiger charge is 2.20. The maximum atomic E-state index is 13.5. The molecule has 1 aromatic heterocycles. The first kappa shape index (κ1) is 20.2. The zero-order chi connectivity index (χ0) is 19.3. The molecular weight excluding hydrogens is 360 g/mol. The first-order valence-electron chi connectivity index (χ1n) is 8.47. The Hall–Kier alpha value is -2.09. The lowest BCUT2D eigenvalue weighted by Crippen LogP contribution is -2.14. The van der Waals surface area contributed by atoms with Crippen LogP contribution in [0.4, 0.5) is 13.6 Å². The van der Waals surface area contributed by atoms with E-state index in [1.807, 2.05) is 25.3 Å². The summed E-state index contributed by atoms with van der Waals surface area (Å²) in [7, 11) is 0. The fraction of sp³-hybridized carbons (Fsp3) is 0.444. The van der Waals surface area contributed by atoms with E-state index < -0.39 is 17.7 Å². The maximum absolute atomic E-state index is 13.5. The van der Waals surface area contributed by atoms with E-state index in [0.29, 0.717) is 24.3 Å². The number of carbonyl (C=O) groups excluding carboxylic acids is 1. The number of nitrogens with two attached hydrogens (primary N) is 1. The molecule has 26 heavy (non-hydrogen) atoms. The molecule has 1 amide bonds. The van der Waals surface area contributed by atoms with Crippen molar-refractivity contribution in [2.75, 3.05) is 6.61 Å². The summed E-state index contributed by atoms with van der Waals surface area (Å²) in [6.45, 7) is 6.94. The number of halogens is 2. The quantitative estimate of drug-likeness (QED) is 0.682. The topological polar surface area (TPSA) is 70.1 Å². The Bertz CT molecular complexity index is 758. The van der Waals surface area contributed by atoms with Gasteiger partial charge >= 0.3 is 6.09 Å². The van der Waals surface area contributed by atoms with Gasteiger partial charge in [0.25, 0.3) is 0 Å². The molecule has 142 valence electrons. The molecule has 0 fully saturated rings. The molecule has 0 unspecified atom stereocenters. The minimum Gasteiger partial charge on any atom is -0.450 e. The first-order valence-corrected chi connectivity index (χ1v) is 9.29. The van der Waals surface area contributed by atoms with Crippen molar-refractivity contribution < 1.29 is 18.3 Å². The van der Waals surface area contributed by atoms with Crippen molar-refractivity contribution in [3.8, 4) is 0 Å². The molecule has 2 N–H and O–H groups in total. The SMILES string of the molecule is CCn1c(CCCOC(N)=O)nc(C(C)C)c1Sc1cc(F)cc(F)c1. The molecule has 1 aromatic carbocycles. The molecule has 0 atom stereocenters. The van der Waals surface area contributed by atoms with E-state index >= 15 is 0 Å². The molecule has 8 heteroatoms. The fourth-order valence-electron chi connectivity index (χ4n) is 2.61. The summed E-state index contributed by atoms with van der Waals surface area (Å²) < 4.78 is 33.8. The Morgan fingerprint density at radius 1 is 1.31 bits per heavy atom. The molecule has 0 spiro atoms. The van der Waals surface area contributed by atoms with Crippen molar-refractivity contribution in [2.24, 2.45) is 5.73 Å². The summed E-state index contributed by atoms with van der Waals surface area (Å²) in [5.41, 5.74) is 5.84. The number of aromatic nitrogens is 2. The second-order valence-corrected chi connectivity index (χ2v) is 7.16. The number of imidazole rings is 1. The van der Waals surface area contributed by atoms with Crippen LogP contribution >= 0.6 is 11.8 Å². The second-order valence-electron chi connectivity index (χ2n) is 6.10. The Balaban J connectivity index is 2.29. The molecule has 0 aliphatic carbocycles. The average Bonchev–Trinajstić information content (AvgIpc) is 2.88. The largest absolute Gasteiger partial charge is 0.450 e. The lowest BCUT2D eigenvalue weighted by Gasteiger charge is -2.11. The molecule has 1 heterocycles. The van der Waals surface area contributed by atoms with E-state index in [9.17, 15) is 13.6 Å². The number of benzene rings is 1. The van der Waals surface area contributed by atoms with Crippen molar-refractivity contribution in [1.29, 1.82) is 0 Å². The van der Waals surface area contributed by atoms with Gasteiger partial charge in [0.2, 0.25) is 0 Å². The lowest BCUT2D eigenvalue weighted by molar-refractivity contribution is 0.155. The van der Waals surface area contributed by atoms with E-state index in [4.69, 9.17) is 15.5 Å². The van der Waals surface area contributed by atoms with Crippen LogP contribution in [0.15, 0.2) is 28.1 Å². The van der Waals surface area contributed by atoms with Crippen LogP contribution in [0.25, 0.3) is 0 Å². The number of primary amides is 1. The van der Waals surface area contributed by atoms with Crippen molar-refractivity contribution >= 4 is 17.9 Å². The third-order valence-electron chi connectivity index (χ3n) is 3.73. The van der Waals surface area contributed by atoms with E-state index in [0.717, 1.165) is 22.6 Å². The third kappa shape index (κ3) is 5.20. The van der Waals surface area contributed by atoms with E-state index in [-0.39, 0.29) is 12.5 Å². The predicted octanol–water partition coefficient (Wildman–Crippen LogP) is 4.48. The number of hydrogen-bond acceptors (Lipinski definition) is 4. The molecule has 5 nitrogen and oxygen atoms in total. The van der Waals surface area contributed by atoms with Crippen molar-refractivity contribution in [2.45, 2.75) is 56.0 Å². The standard InChI is InChI=1S/C18H23F2N3O2S/c1-4-23-15(6-5-7-25-18(21)24)22-16(11(2)3)17(23)26-14-9-12(19)8-13(20)10-14/h8-11H,4-7H2,1-3H3,(H2,21,24). The Kier molecular flexibility index (Phi) is 7.02. The smallest absolute Gasteiger partial charge is 0.404 e. The van der Waals surface area contributed by atoms with Crippen molar-refractivity contribution in [1.82, 2.24) is 9.55 Å². The molecule has 0 aliphatic heterocycles. The van der Waals surface area contributed by atoms with Gasteiger partial charge in [-0.3, -0.25) is 0 Å². The minimum atomic E-state index is -0.795. The molecule has 0 aliphatic rings. The molecule has 0 saturated carbocycles. The van der Waals surface area contributed by atoms with E-state index in [1.165, 1.54) is 23.9 Å². The average molecular weight is 383 g/mol. The Morgan fingerprint density at radius 3 is 2.50 bits per heavy atom. The summed E-state index contributed by atoms with van der Waals surface area (Å²) in [5.74, 6) is -0.206. The van der Waals surface area contributed by atoms with Crippen LogP contribution in [0.3, 0.4) is 0 Å². The van der Waals surface area contributed by atoms with Gasteiger partial charge in [-0.15, -0.1) is 0 Å². The van der Waals surface area contributed by atoms with Crippen LogP contribution in [0.5, 0.6) is 0 Å². The monoisotopic (exact) mass is 383 g/mol. The molecular formula is C18H23F2N3O2S. The third-order valence-corrected chi connectivity index (χ3v) is 4.82. The van der Waals surface area contributed by atoms with E-state index in [1.54, 1.807) is 0 Å². The summed E-state index contributed by atoms with van der Waals surface area (Å²) in [5, 5.41) is 0.873. The van der Waals surface area contributed by atoms with Gasteiger partial charge in [-0.05, 0) is 31.4 Å². The maximum Gasteiger partial charge on any atom is 0.404 e. The van der Waals surface area contributed by atoms with Crippen LogP contribution in [0.2, 0.25) is 0 Å². The number of ether oxygens (including phenoxy) is 1. The normalized spacial score (nSPS) is 11.2. The van der Waals surface area contributed by atoms with Crippen molar-refractivity contribution in [3.63, 3.8) is 0 Å². The van der Waals surface area contributed by atoms with Gasteiger partial charge in [0, 0.05) is 23.9 Å². The highest BCUT2D eigenvalue weighted by atomic mass is 32.2. The van der Waals surface area contributed by atoms with Gasteiger partial charge < -0.3 is 15.0 Å². The highest BCUT2D eigenvalue weighted by molar-refractivity contribution is 7.99. The number of hydrogen-bond donors (Lipinski definition) is 1. The summed E-state index contributed by atoms with van der Waals surface area (Å²) in [6, 6.07) is 3.48. The summed E-state index contributed by atoms with van der Waals surface area (Å²) >= 11 is 1.30.